The van der Waals surface area contributed by atoms with E-state index in [0.29, 0.717) is 0 Å². The lowest BCUT2D eigenvalue weighted by Crippen LogP contribution is -2.35. The second kappa shape index (κ2) is 8.23. The van der Waals surface area contributed by atoms with Gasteiger partial charge in [0.15, 0.2) is 5.82 Å². The zero-order chi connectivity index (χ0) is 20.0. The van der Waals surface area contributed by atoms with Crippen LogP contribution in [0.4, 0.5) is 10.7 Å². The zero-order valence-electron chi connectivity index (χ0n) is 14.3. The van der Waals surface area contributed by atoms with Gasteiger partial charge in [0.2, 0.25) is 5.95 Å². The second-order valence-electron chi connectivity index (χ2n) is 4.76. The van der Waals surface area contributed by atoms with E-state index in [0.717, 1.165) is 13.2 Å². The van der Waals surface area contributed by atoms with E-state index in [1.807, 2.05) is 0 Å². The van der Waals surface area contributed by atoms with Crippen LogP contribution in [-0.4, -0.2) is 49.6 Å². The van der Waals surface area contributed by atoms with Crippen molar-refractivity contribution < 1.29 is 27.5 Å². The van der Waals surface area contributed by atoms with E-state index in [4.69, 9.17) is 4.74 Å². The summed E-state index contributed by atoms with van der Waals surface area (Å²) in [7, 11) is -1.97. The molecule has 142 valence electrons. The van der Waals surface area contributed by atoms with Crippen molar-refractivity contribution in [3.05, 3.63) is 42.2 Å². The zero-order valence-corrected chi connectivity index (χ0v) is 15.1. The van der Waals surface area contributed by atoms with Gasteiger partial charge in [-0.2, -0.15) is 15.0 Å². The van der Waals surface area contributed by atoms with Gasteiger partial charge in [-0.1, -0.05) is 18.7 Å². The number of hydrogen-bond acceptors (Lipinski definition) is 9. The number of carbonyl (C=O) groups is 2. The first-order valence-corrected chi connectivity index (χ1v) is 8.72. The van der Waals surface area contributed by atoms with Gasteiger partial charge in [0.1, 0.15) is 4.90 Å². The number of benzene rings is 1. The highest BCUT2D eigenvalue weighted by molar-refractivity contribution is 7.90. The fourth-order valence-corrected chi connectivity index (χ4v) is 3.00. The molecular weight excluding hydrogens is 378 g/mol. The fourth-order valence-electron chi connectivity index (χ4n) is 1.89. The molecule has 0 bridgehead atoms. The van der Waals surface area contributed by atoms with Gasteiger partial charge in [-0.15, -0.1) is 0 Å². The first-order valence-electron chi connectivity index (χ1n) is 7.24. The average molecular weight is 393 g/mol. The number of aromatic nitrogens is 3. The first kappa shape index (κ1) is 19.8. The van der Waals surface area contributed by atoms with Gasteiger partial charge in [0, 0.05) is 0 Å². The van der Waals surface area contributed by atoms with Gasteiger partial charge in [0.25, 0.3) is 10.0 Å². The quantitative estimate of drug-likeness (QED) is 0.680. The Morgan fingerprint density at radius 1 is 1.15 bits per heavy atom. The number of anilines is 1. The molecule has 1 aromatic carbocycles. The van der Waals surface area contributed by atoms with E-state index in [2.05, 4.69) is 31.6 Å². The number of urea groups is 1. The van der Waals surface area contributed by atoms with Gasteiger partial charge in [-0.3, -0.25) is 5.32 Å². The maximum atomic E-state index is 12.4. The molecule has 2 amide bonds. The molecule has 1 heterocycles. The Bertz CT molecular complexity index is 992. The maximum absolute atomic E-state index is 12.4. The number of hydrogen-bond donors (Lipinski definition) is 2. The number of sulfonamides is 1. The van der Waals surface area contributed by atoms with E-state index in [-0.39, 0.29) is 23.3 Å². The summed E-state index contributed by atoms with van der Waals surface area (Å²) in [6.45, 7) is 3.48. The van der Waals surface area contributed by atoms with Crippen LogP contribution in [0, 0.1) is 0 Å². The van der Waals surface area contributed by atoms with Gasteiger partial charge in [-0.25, -0.2) is 22.7 Å². The highest BCUT2D eigenvalue weighted by Crippen LogP contribution is 2.16. The highest BCUT2D eigenvalue weighted by atomic mass is 32.2. The SMILES string of the molecule is C=Cc1nc(NC(=O)NS(=O)(=O)c2ccccc2C(=O)OC)nc(OC)n1. The summed E-state index contributed by atoms with van der Waals surface area (Å²) >= 11 is 0. The molecule has 0 aliphatic heterocycles. The van der Waals surface area contributed by atoms with Crippen LogP contribution in [0.15, 0.2) is 35.7 Å². The molecule has 0 saturated heterocycles. The molecule has 0 saturated carbocycles. The molecule has 2 N–H and O–H groups in total. The molecular formula is C15H15N5O6S. The molecule has 0 unspecified atom stereocenters. The van der Waals surface area contributed by atoms with E-state index in [1.54, 1.807) is 4.72 Å². The molecule has 2 aromatic rings. The molecule has 27 heavy (non-hydrogen) atoms. The molecule has 0 aliphatic carbocycles. The monoisotopic (exact) mass is 393 g/mol. The number of ether oxygens (including phenoxy) is 2. The van der Waals surface area contributed by atoms with Crippen molar-refractivity contribution in [3.63, 3.8) is 0 Å². The van der Waals surface area contributed by atoms with E-state index in [1.165, 1.54) is 31.4 Å². The van der Waals surface area contributed by atoms with Crippen LogP contribution in [0.25, 0.3) is 6.08 Å². The van der Waals surface area contributed by atoms with Gasteiger partial charge < -0.3 is 9.47 Å². The summed E-state index contributed by atoms with van der Waals surface area (Å²) in [4.78, 5) is 34.8. The third-order valence-corrected chi connectivity index (χ3v) is 4.42. The summed E-state index contributed by atoms with van der Waals surface area (Å²) in [6, 6.07) is 4.01. The number of amides is 2. The predicted octanol–water partition coefficient (Wildman–Crippen LogP) is 0.820. The Morgan fingerprint density at radius 3 is 2.48 bits per heavy atom. The van der Waals surface area contributed by atoms with Crippen molar-refractivity contribution in [1.29, 1.82) is 0 Å². The van der Waals surface area contributed by atoms with E-state index >= 15 is 0 Å². The largest absolute Gasteiger partial charge is 0.467 e. The smallest absolute Gasteiger partial charge is 0.339 e. The molecule has 12 heteroatoms. The lowest BCUT2D eigenvalue weighted by atomic mass is 10.2. The number of esters is 1. The van der Waals surface area contributed by atoms with Crippen molar-refractivity contribution in [3.8, 4) is 6.01 Å². The van der Waals surface area contributed by atoms with Gasteiger partial charge >= 0.3 is 18.0 Å². The van der Waals surface area contributed by atoms with Crippen LogP contribution < -0.4 is 14.8 Å². The molecule has 0 spiro atoms. The molecule has 0 radical (unpaired) electrons. The molecule has 0 atom stereocenters. The van der Waals surface area contributed by atoms with Crippen molar-refractivity contribution in [2.24, 2.45) is 0 Å². The minimum absolute atomic E-state index is 0.103. The summed E-state index contributed by atoms with van der Waals surface area (Å²) in [6.07, 6.45) is 1.29. The molecule has 11 nitrogen and oxygen atoms in total. The lowest BCUT2D eigenvalue weighted by Gasteiger charge is -2.11. The van der Waals surface area contributed by atoms with Crippen LogP contribution in [0.1, 0.15) is 16.2 Å². The van der Waals surface area contributed by atoms with Crippen LogP contribution >= 0.6 is 0 Å². The van der Waals surface area contributed by atoms with Gasteiger partial charge in [0.05, 0.1) is 19.8 Å². The third kappa shape index (κ3) is 4.76. The molecule has 0 aliphatic rings. The minimum atomic E-state index is -4.38. The summed E-state index contributed by atoms with van der Waals surface area (Å²) in [5, 5.41) is 2.14. The number of nitrogens with zero attached hydrogens (tertiary/aromatic N) is 3. The van der Waals surface area contributed by atoms with Gasteiger partial charge in [-0.05, 0) is 18.2 Å². The third-order valence-electron chi connectivity index (χ3n) is 3.03. The topological polar surface area (TPSA) is 149 Å². The minimum Gasteiger partial charge on any atom is -0.467 e. The Kier molecular flexibility index (Phi) is 6.03. The highest BCUT2D eigenvalue weighted by Gasteiger charge is 2.25. The summed E-state index contributed by atoms with van der Waals surface area (Å²) < 4.78 is 36.0. The summed E-state index contributed by atoms with van der Waals surface area (Å²) in [5.74, 6) is -1.02. The van der Waals surface area contributed by atoms with Crippen LogP contribution in [0.5, 0.6) is 6.01 Å². The fraction of sp³-hybridized carbons (Fsp3) is 0.133. The maximum Gasteiger partial charge on any atom is 0.339 e. The van der Waals surface area contributed by atoms with Crippen LogP contribution in [0.3, 0.4) is 0 Å². The van der Waals surface area contributed by atoms with Crippen molar-refractivity contribution >= 4 is 34.0 Å². The summed E-state index contributed by atoms with van der Waals surface area (Å²) in [5.41, 5.74) is -0.226. The lowest BCUT2D eigenvalue weighted by molar-refractivity contribution is 0.0596. The predicted molar refractivity (Wildman–Crippen MR) is 93.6 cm³/mol. The Morgan fingerprint density at radius 2 is 1.85 bits per heavy atom. The first-order chi connectivity index (χ1) is 12.8. The van der Waals surface area contributed by atoms with Crippen molar-refractivity contribution in [1.82, 2.24) is 19.7 Å². The normalized spacial score (nSPS) is 10.6. The Balaban J connectivity index is 2.26. The van der Waals surface area contributed by atoms with Crippen molar-refractivity contribution in [2.75, 3.05) is 19.5 Å². The van der Waals surface area contributed by atoms with Crippen LogP contribution in [-0.2, 0) is 14.8 Å². The standard InChI is InChI=1S/C15H15N5O6S/c1-4-11-16-13(19-15(17-11)26-3)18-14(22)20-27(23,24)10-8-6-5-7-9(10)12(21)25-2/h4-8H,1H2,2-3H3,(H2,16,17,18,19,20,22). The number of nitrogens with one attached hydrogen (secondary N) is 2. The Hall–Kier alpha value is -3.54. The van der Waals surface area contributed by atoms with Crippen molar-refractivity contribution in [2.45, 2.75) is 4.90 Å². The number of methoxy groups -OCH3 is 2. The molecule has 0 fully saturated rings. The van der Waals surface area contributed by atoms with E-state index in [9.17, 15) is 18.0 Å². The second-order valence-corrected chi connectivity index (χ2v) is 6.41. The molecule has 2 rings (SSSR count). The molecule has 1 aromatic heterocycles. The number of rotatable bonds is 6. The number of carbonyl (C=O) groups excluding carboxylic acids is 2. The van der Waals surface area contributed by atoms with Crippen LogP contribution in [0.2, 0.25) is 0 Å². The Labute approximate surface area is 154 Å². The average Bonchev–Trinajstić information content (AvgIpc) is 2.66. The van der Waals surface area contributed by atoms with E-state index < -0.39 is 26.9 Å².